The van der Waals surface area contributed by atoms with Crippen LogP contribution in [0.25, 0.3) is 0 Å². The van der Waals surface area contributed by atoms with Gasteiger partial charge in [0.1, 0.15) is 18.1 Å². The lowest BCUT2D eigenvalue weighted by Crippen LogP contribution is -2.06. The summed E-state index contributed by atoms with van der Waals surface area (Å²) in [5, 5.41) is 3.83. The molecule has 0 bridgehead atoms. The van der Waals surface area contributed by atoms with E-state index in [2.05, 4.69) is 5.16 Å². The monoisotopic (exact) mass is 219 g/mol. The fourth-order valence-electron chi connectivity index (χ4n) is 1.49. The molecular formula is C12H13NO3. The molecular weight excluding hydrogens is 206 g/mol. The van der Waals surface area contributed by atoms with Crippen molar-refractivity contribution in [2.45, 2.75) is 19.8 Å². The standard InChI is InChI=1S/C12H13NO3/c1-2-5-12(14)16-13-10-8-15-11-7-4-3-6-9(10)11/h3-4,6-7H,2,5,8H2,1H3/b13-10+. The lowest BCUT2D eigenvalue weighted by atomic mass is 10.1. The molecule has 1 aromatic carbocycles. The van der Waals surface area contributed by atoms with Crippen molar-refractivity contribution in [1.29, 1.82) is 0 Å². The van der Waals surface area contributed by atoms with Gasteiger partial charge in [0.25, 0.3) is 0 Å². The average molecular weight is 219 g/mol. The molecule has 4 heteroatoms. The van der Waals surface area contributed by atoms with Crippen LogP contribution in [0.3, 0.4) is 0 Å². The van der Waals surface area contributed by atoms with Crippen LogP contribution in [0.4, 0.5) is 0 Å². The third-order valence-corrected chi connectivity index (χ3v) is 2.27. The second-order valence-corrected chi connectivity index (χ2v) is 3.54. The number of nitrogens with zero attached hydrogens (tertiary/aromatic N) is 1. The van der Waals surface area contributed by atoms with E-state index in [1.165, 1.54) is 0 Å². The Morgan fingerprint density at radius 1 is 1.50 bits per heavy atom. The first kappa shape index (κ1) is 10.7. The molecule has 84 valence electrons. The molecule has 1 aliphatic heterocycles. The number of benzene rings is 1. The minimum absolute atomic E-state index is 0.306. The van der Waals surface area contributed by atoms with Crippen molar-refractivity contribution in [3.05, 3.63) is 29.8 Å². The molecule has 2 rings (SSSR count). The number of rotatable bonds is 3. The van der Waals surface area contributed by atoms with Crippen molar-refractivity contribution in [2.24, 2.45) is 5.16 Å². The maximum absolute atomic E-state index is 11.1. The molecule has 0 N–H and O–H groups in total. The van der Waals surface area contributed by atoms with Crippen LogP contribution in [-0.4, -0.2) is 18.3 Å². The highest BCUT2D eigenvalue weighted by molar-refractivity contribution is 6.06. The van der Waals surface area contributed by atoms with Crippen molar-refractivity contribution in [1.82, 2.24) is 0 Å². The van der Waals surface area contributed by atoms with Gasteiger partial charge in [0.15, 0.2) is 0 Å². The molecule has 0 radical (unpaired) electrons. The molecule has 0 unspecified atom stereocenters. The van der Waals surface area contributed by atoms with Gasteiger partial charge in [0, 0.05) is 12.0 Å². The quantitative estimate of drug-likeness (QED) is 0.578. The number of fused-ring (bicyclic) bond motifs is 1. The predicted octanol–water partition coefficient (Wildman–Crippen LogP) is 2.13. The zero-order valence-electron chi connectivity index (χ0n) is 9.10. The first-order valence-electron chi connectivity index (χ1n) is 5.30. The molecule has 0 fully saturated rings. The van der Waals surface area contributed by atoms with Crippen molar-refractivity contribution in [3.63, 3.8) is 0 Å². The summed E-state index contributed by atoms with van der Waals surface area (Å²) in [6, 6.07) is 7.56. The number of hydrogen-bond acceptors (Lipinski definition) is 4. The maximum Gasteiger partial charge on any atom is 0.335 e. The SMILES string of the molecule is CCCC(=O)O/N=C1\COc2ccccc21. The summed E-state index contributed by atoms with van der Waals surface area (Å²) in [7, 11) is 0. The second-order valence-electron chi connectivity index (χ2n) is 3.54. The molecule has 1 heterocycles. The summed E-state index contributed by atoms with van der Waals surface area (Å²) >= 11 is 0. The largest absolute Gasteiger partial charge is 0.486 e. The van der Waals surface area contributed by atoms with Gasteiger partial charge >= 0.3 is 5.97 Å². The summed E-state index contributed by atoms with van der Waals surface area (Å²) in [4.78, 5) is 15.9. The highest BCUT2D eigenvalue weighted by Gasteiger charge is 2.19. The van der Waals surface area contributed by atoms with Gasteiger partial charge in [-0.25, -0.2) is 4.79 Å². The van der Waals surface area contributed by atoms with Gasteiger partial charge in [-0.05, 0) is 18.6 Å². The fraction of sp³-hybridized carbons (Fsp3) is 0.333. The number of oxime groups is 1. The Balaban J connectivity index is 2.07. The van der Waals surface area contributed by atoms with Gasteiger partial charge in [0.05, 0.1) is 0 Å². The van der Waals surface area contributed by atoms with Gasteiger partial charge in [-0.15, -0.1) is 0 Å². The van der Waals surface area contributed by atoms with Crippen LogP contribution < -0.4 is 4.74 Å². The van der Waals surface area contributed by atoms with Crippen LogP contribution in [0, 0.1) is 0 Å². The highest BCUT2D eigenvalue weighted by Crippen LogP contribution is 2.24. The van der Waals surface area contributed by atoms with Crippen LogP contribution in [0.2, 0.25) is 0 Å². The van der Waals surface area contributed by atoms with E-state index in [1.54, 1.807) is 0 Å². The molecule has 0 saturated carbocycles. The first-order chi connectivity index (χ1) is 7.81. The molecule has 4 nitrogen and oxygen atoms in total. The Bertz CT molecular complexity index is 426. The highest BCUT2D eigenvalue weighted by atomic mass is 16.7. The van der Waals surface area contributed by atoms with E-state index in [0.29, 0.717) is 18.7 Å². The van der Waals surface area contributed by atoms with Crippen LogP contribution in [-0.2, 0) is 9.63 Å². The normalized spacial score (nSPS) is 15.7. The van der Waals surface area contributed by atoms with E-state index in [1.807, 2.05) is 31.2 Å². The summed E-state index contributed by atoms with van der Waals surface area (Å²) in [5.74, 6) is 0.479. The zero-order chi connectivity index (χ0) is 11.4. The molecule has 0 atom stereocenters. The third kappa shape index (κ3) is 2.21. The minimum atomic E-state index is -0.306. The second kappa shape index (κ2) is 4.79. The fourth-order valence-corrected chi connectivity index (χ4v) is 1.49. The van der Waals surface area contributed by atoms with Gasteiger partial charge in [-0.2, -0.15) is 0 Å². The van der Waals surface area contributed by atoms with Crippen LogP contribution in [0.5, 0.6) is 5.75 Å². The molecule has 1 aromatic rings. The van der Waals surface area contributed by atoms with Crippen LogP contribution >= 0.6 is 0 Å². The first-order valence-corrected chi connectivity index (χ1v) is 5.30. The number of para-hydroxylation sites is 1. The molecule has 0 amide bonds. The van der Waals surface area contributed by atoms with Gasteiger partial charge in [0.2, 0.25) is 0 Å². The van der Waals surface area contributed by atoms with E-state index in [4.69, 9.17) is 9.57 Å². The van der Waals surface area contributed by atoms with E-state index < -0.39 is 0 Å². The summed E-state index contributed by atoms with van der Waals surface area (Å²) in [5.41, 5.74) is 1.56. The maximum atomic E-state index is 11.1. The average Bonchev–Trinajstić information content (AvgIpc) is 2.70. The smallest absolute Gasteiger partial charge is 0.335 e. The van der Waals surface area contributed by atoms with Crippen molar-refractivity contribution >= 4 is 11.7 Å². The molecule has 1 aliphatic rings. The molecule has 0 saturated heterocycles. The van der Waals surface area contributed by atoms with E-state index >= 15 is 0 Å². The number of carbonyl (C=O) groups is 1. The topological polar surface area (TPSA) is 47.9 Å². The summed E-state index contributed by atoms with van der Waals surface area (Å²) < 4.78 is 5.38. The van der Waals surface area contributed by atoms with Crippen molar-refractivity contribution < 1.29 is 14.4 Å². The number of carbonyl (C=O) groups excluding carboxylic acids is 1. The third-order valence-electron chi connectivity index (χ3n) is 2.27. The van der Waals surface area contributed by atoms with E-state index in [0.717, 1.165) is 17.7 Å². The molecule has 0 aliphatic carbocycles. The molecule has 0 spiro atoms. The van der Waals surface area contributed by atoms with Crippen molar-refractivity contribution in [2.75, 3.05) is 6.61 Å². The van der Waals surface area contributed by atoms with Gasteiger partial charge in [-0.3, -0.25) is 0 Å². The Morgan fingerprint density at radius 2 is 2.31 bits per heavy atom. The van der Waals surface area contributed by atoms with Crippen LogP contribution in [0.15, 0.2) is 29.4 Å². The Labute approximate surface area is 93.9 Å². The molecule has 0 aromatic heterocycles. The summed E-state index contributed by atoms with van der Waals surface area (Å²) in [6.07, 6.45) is 1.15. The zero-order valence-corrected chi connectivity index (χ0v) is 9.10. The minimum Gasteiger partial charge on any atom is -0.486 e. The van der Waals surface area contributed by atoms with Crippen molar-refractivity contribution in [3.8, 4) is 5.75 Å². The lowest BCUT2D eigenvalue weighted by molar-refractivity contribution is -0.143. The number of hydrogen-bond donors (Lipinski definition) is 0. The van der Waals surface area contributed by atoms with E-state index in [-0.39, 0.29) is 5.97 Å². The van der Waals surface area contributed by atoms with Gasteiger partial charge < -0.3 is 9.57 Å². The lowest BCUT2D eigenvalue weighted by Gasteiger charge is -1.97. The summed E-state index contributed by atoms with van der Waals surface area (Å²) in [6.45, 7) is 2.28. The molecule has 16 heavy (non-hydrogen) atoms. The number of ether oxygens (including phenoxy) is 1. The Kier molecular flexibility index (Phi) is 3.19. The predicted molar refractivity (Wildman–Crippen MR) is 59.5 cm³/mol. The van der Waals surface area contributed by atoms with E-state index in [9.17, 15) is 4.79 Å². The van der Waals surface area contributed by atoms with Crippen LogP contribution in [0.1, 0.15) is 25.3 Å². The Morgan fingerprint density at radius 3 is 3.12 bits per heavy atom. The van der Waals surface area contributed by atoms with Gasteiger partial charge in [-0.1, -0.05) is 24.2 Å². The Hall–Kier alpha value is -1.84.